The van der Waals surface area contributed by atoms with E-state index < -0.39 is 0 Å². The Morgan fingerprint density at radius 1 is 1.44 bits per heavy atom. The molecule has 1 aliphatic heterocycles. The lowest BCUT2D eigenvalue weighted by atomic mass is 9.96. The Morgan fingerprint density at radius 2 is 2.25 bits per heavy atom. The maximum absolute atomic E-state index is 5.33. The van der Waals surface area contributed by atoms with Crippen molar-refractivity contribution in [3.8, 4) is 12.3 Å². The van der Waals surface area contributed by atoms with Gasteiger partial charge in [0.05, 0.1) is 6.54 Å². The summed E-state index contributed by atoms with van der Waals surface area (Å²) in [5.41, 5.74) is 1.08. The SMILES string of the molecule is C#CCNc1cc(C2CCOCC2)ncn1. The molecule has 0 saturated carbocycles. The van der Waals surface area contributed by atoms with E-state index in [1.165, 1.54) is 0 Å². The van der Waals surface area contributed by atoms with Crippen LogP contribution in [0, 0.1) is 12.3 Å². The van der Waals surface area contributed by atoms with Gasteiger partial charge in [-0.1, -0.05) is 5.92 Å². The van der Waals surface area contributed by atoms with Crippen molar-refractivity contribution in [2.75, 3.05) is 25.1 Å². The number of rotatable bonds is 3. The molecule has 1 fully saturated rings. The summed E-state index contributed by atoms with van der Waals surface area (Å²) in [6, 6.07) is 1.98. The monoisotopic (exact) mass is 217 g/mol. The zero-order chi connectivity index (χ0) is 11.2. The topological polar surface area (TPSA) is 47.0 Å². The van der Waals surface area contributed by atoms with Gasteiger partial charge >= 0.3 is 0 Å². The largest absolute Gasteiger partial charge is 0.381 e. The summed E-state index contributed by atoms with van der Waals surface area (Å²) < 4.78 is 5.33. The summed E-state index contributed by atoms with van der Waals surface area (Å²) >= 11 is 0. The third-order valence-corrected chi connectivity index (χ3v) is 2.70. The van der Waals surface area contributed by atoms with Crippen LogP contribution in [0.1, 0.15) is 24.5 Å². The Hall–Kier alpha value is -1.60. The standard InChI is InChI=1S/C12H15N3O/c1-2-5-13-12-8-11(14-9-15-12)10-3-6-16-7-4-10/h1,8-10H,3-7H2,(H,13,14,15). The highest BCUT2D eigenvalue weighted by molar-refractivity contribution is 5.37. The van der Waals surface area contributed by atoms with Crippen LogP contribution in [0.3, 0.4) is 0 Å². The van der Waals surface area contributed by atoms with Gasteiger partial charge in [0.2, 0.25) is 0 Å². The third kappa shape index (κ3) is 2.71. The second kappa shape index (κ2) is 5.47. The van der Waals surface area contributed by atoms with E-state index >= 15 is 0 Å². The van der Waals surface area contributed by atoms with Gasteiger partial charge in [-0.2, -0.15) is 0 Å². The average Bonchev–Trinajstić information content (AvgIpc) is 2.38. The number of hydrogen-bond acceptors (Lipinski definition) is 4. The van der Waals surface area contributed by atoms with Crippen molar-refractivity contribution in [2.45, 2.75) is 18.8 Å². The van der Waals surface area contributed by atoms with E-state index in [0.717, 1.165) is 37.6 Å². The first-order valence-electron chi connectivity index (χ1n) is 5.47. The predicted molar refractivity (Wildman–Crippen MR) is 62.1 cm³/mol. The Bertz CT molecular complexity index is 380. The molecule has 0 atom stereocenters. The van der Waals surface area contributed by atoms with E-state index in [-0.39, 0.29) is 0 Å². The molecule has 0 spiro atoms. The van der Waals surface area contributed by atoms with Gasteiger partial charge in [-0.05, 0) is 12.8 Å². The van der Waals surface area contributed by atoms with Crippen molar-refractivity contribution in [3.05, 3.63) is 18.1 Å². The van der Waals surface area contributed by atoms with Gasteiger partial charge in [0.1, 0.15) is 12.1 Å². The molecule has 84 valence electrons. The first-order valence-corrected chi connectivity index (χ1v) is 5.47. The number of aromatic nitrogens is 2. The summed E-state index contributed by atoms with van der Waals surface area (Å²) in [5.74, 6) is 3.81. The van der Waals surface area contributed by atoms with Crippen LogP contribution in [0.15, 0.2) is 12.4 Å². The molecule has 0 aliphatic carbocycles. The van der Waals surface area contributed by atoms with Gasteiger partial charge in [-0.3, -0.25) is 0 Å². The predicted octanol–water partition coefficient (Wildman–Crippen LogP) is 1.42. The highest BCUT2D eigenvalue weighted by Crippen LogP contribution is 2.25. The van der Waals surface area contributed by atoms with E-state index in [1.54, 1.807) is 6.33 Å². The lowest BCUT2D eigenvalue weighted by Gasteiger charge is -2.21. The van der Waals surface area contributed by atoms with Crippen molar-refractivity contribution in [1.29, 1.82) is 0 Å². The smallest absolute Gasteiger partial charge is 0.130 e. The molecule has 1 N–H and O–H groups in total. The van der Waals surface area contributed by atoms with Gasteiger partial charge < -0.3 is 10.1 Å². The van der Waals surface area contributed by atoms with Gasteiger partial charge in [0, 0.05) is 30.9 Å². The summed E-state index contributed by atoms with van der Waals surface area (Å²) in [7, 11) is 0. The number of ether oxygens (including phenoxy) is 1. The van der Waals surface area contributed by atoms with E-state index in [1.807, 2.05) is 6.07 Å². The molecule has 2 heterocycles. The Morgan fingerprint density at radius 3 is 3.00 bits per heavy atom. The number of nitrogens with zero attached hydrogens (tertiary/aromatic N) is 2. The molecule has 16 heavy (non-hydrogen) atoms. The Balaban J connectivity index is 2.06. The van der Waals surface area contributed by atoms with Gasteiger partial charge in [-0.15, -0.1) is 6.42 Å². The molecular weight excluding hydrogens is 202 g/mol. The summed E-state index contributed by atoms with van der Waals surface area (Å²) in [4.78, 5) is 8.44. The van der Waals surface area contributed by atoms with Crippen LogP contribution < -0.4 is 5.32 Å². The lowest BCUT2D eigenvalue weighted by Crippen LogP contribution is -2.15. The molecule has 0 radical (unpaired) electrons. The fourth-order valence-corrected chi connectivity index (χ4v) is 1.83. The van der Waals surface area contributed by atoms with Crippen molar-refractivity contribution >= 4 is 5.82 Å². The van der Waals surface area contributed by atoms with E-state index in [4.69, 9.17) is 11.2 Å². The van der Waals surface area contributed by atoms with Crippen LogP contribution in [0.4, 0.5) is 5.82 Å². The minimum atomic E-state index is 0.489. The zero-order valence-electron chi connectivity index (χ0n) is 9.15. The summed E-state index contributed by atoms with van der Waals surface area (Å²) in [6.07, 6.45) is 8.84. The van der Waals surface area contributed by atoms with Crippen LogP contribution in [0.25, 0.3) is 0 Å². The molecule has 0 bridgehead atoms. The van der Waals surface area contributed by atoms with Crippen molar-refractivity contribution in [2.24, 2.45) is 0 Å². The van der Waals surface area contributed by atoms with E-state index in [2.05, 4.69) is 21.2 Å². The lowest BCUT2D eigenvalue weighted by molar-refractivity contribution is 0.0845. The molecule has 4 heteroatoms. The molecule has 2 rings (SSSR count). The molecule has 1 saturated heterocycles. The van der Waals surface area contributed by atoms with Crippen molar-refractivity contribution < 1.29 is 4.74 Å². The quantitative estimate of drug-likeness (QED) is 0.778. The van der Waals surface area contributed by atoms with Crippen molar-refractivity contribution in [1.82, 2.24) is 9.97 Å². The highest BCUT2D eigenvalue weighted by Gasteiger charge is 2.17. The fraction of sp³-hybridized carbons (Fsp3) is 0.500. The molecule has 1 aromatic heterocycles. The highest BCUT2D eigenvalue weighted by atomic mass is 16.5. The fourth-order valence-electron chi connectivity index (χ4n) is 1.83. The normalized spacial score (nSPS) is 16.7. The van der Waals surface area contributed by atoms with Crippen LogP contribution >= 0.6 is 0 Å². The second-order valence-electron chi connectivity index (χ2n) is 3.77. The van der Waals surface area contributed by atoms with Crippen LogP contribution in [0.5, 0.6) is 0 Å². The first kappa shape index (κ1) is 10.9. The zero-order valence-corrected chi connectivity index (χ0v) is 9.15. The maximum atomic E-state index is 5.33. The summed E-state index contributed by atoms with van der Waals surface area (Å²) in [5, 5.41) is 3.06. The van der Waals surface area contributed by atoms with E-state index in [0.29, 0.717) is 12.5 Å². The molecule has 1 aliphatic rings. The summed E-state index contributed by atoms with van der Waals surface area (Å²) in [6.45, 7) is 2.13. The number of anilines is 1. The van der Waals surface area contributed by atoms with Crippen LogP contribution in [-0.4, -0.2) is 29.7 Å². The third-order valence-electron chi connectivity index (χ3n) is 2.70. The van der Waals surface area contributed by atoms with Gasteiger partial charge in [0.15, 0.2) is 0 Å². The van der Waals surface area contributed by atoms with Crippen LogP contribution in [-0.2, 0) is 4.74 Å². The minimum absolute atomic E-state index is 0.489. The first-order chi connectivity index (χ1) is 7.90. The molecule has 0 amide bonds. The Kier molecular flexibility index (Phi) is 3.73. The van der Waals surface area contributed by atoms with E-state index in [9.17, 15) is 0 Å². The Labute approximate surface area is 95.4 Å². The van der Waals surface area contributed by atoms with Gasteiger partial charge in [-0.25, -0.2) is 9.97 Å². The maximum Gasteiger partial charge on any atom is 0.130 e. The second-order valence-corrected chi connectivity index (χ2v) is 3.77. The van der Waals surface area contributed by atoms with Gasteiger partial charge in [0.25, 0.3) is 0 Å². The molecule has 0 aromatic carbocycles. The number of hydrogen-bond donors (Lipinski definition) is 1. The molecule has 4 nitrogen and oxygen atoms in total. The van der Waals surface area contributed by atoms with Crippen LogP contribution in [0.2, 0.25) is 0 Å². The number of nitrogens with one attached hydrogen (secondary N) is 1. The minimum Gasteiger partial charge on any atom is -0.381 e. The van der Waals surface area contributed by atoms with Crippen molar-refractivity contribution in [3.63, 3.8) is 0 Å². The molecule has 1 aromatic rings. The molecule has 0 unspecified atom stereocenters. The number of terminal acetylenes is 1. The average molecular weight is 217 g/mol. The molecular formula is C12H15N3O.